The third-order valence-electron chi connectivity index (χ3n) is 3.32. The Morgan fingerprint density at radius 2 is 1.94 bits per heavy atom. The second-order valence-corrected chi connectivity index (χ2v) is 5.56. The van der Waals surface area contributed by atoms with E-state index in [2.05, 4.69) is 42.5 Å². The summed E-state index contributed by atoms with van der Waals surface area (Å²) in [4.78, 5) is 3.66. The summed E-state index contributed by atoms with van der Waals surface area (Å²) in [6.45, 7) is 1.13. The number of hydrogen-bond acceptors (Lipinski definition) is 3. The van der Waals surface area contributed by atoms with Gasteiger partial charge >= 0.3 is 0 Å². The van der Waals surface area contributed by atoms with Gasteiger partial charge in [-0.05, 0) is 49.3 Å². The van der Waals surface area contributed by atoms with Gasteiger partial charge in [0.2, 0.25) is 0 Å². The highest BCUT2D eigenvalue weighted by Gasteiger charge is 2.26. The van der Waals surface area contributed by atoms with Crippen LogP contribution in [0, 0.1) is 5.92 Å². The second-order valence-electron chi connectivity index (χ2n) is 4.68. The molecule has 1 fully saturated rings. The topological polar surface area (TPSA) is 29.3 Å². The number of nitrogens with zero attached hydrogens (tertiary/aromatic N) is 1. The van der Waals surface area contributed by atoms with E-state index in [1.165, 1.54) is 23.4 Å². The van der Waals surface area contributed by atoms with Crippen LogP contribution in [0.15, 0.2) is 29.2 Å². The number of benzene rings is 1. The molecule has 2 N–H and O–H groups in total. The molecular weight excluding hydrogens is 216 g/mol. The quantitative estimate of drug-likeness (QED) is 0.815. The summed E-state index contributed by atoms with van der Waals surface area (Å²) in [5, 5.41) is 0. The summed E-state index contributed by atoms with van der Waals surface area (Å²) in [5.41, 5.74) is 7.10. The van der Waals surface area contributed by atoms with E-state index in [0.717, 1.165) is 12.5 Å². The first-order valence-electron chi connectivity index (χ1n) is 5.80. The molecule has 3 heteroatoms. The molecule has 0 heterocycles. The van der Waals surface area contributed by atoms with Gasteiger partial charge in [0, 0.05) is 30.2 Å². The number of nitrogens with two attached hydrogens (primary N) is 1. The van der Waals surface area contributed by atoms with Crippen molar-refractivity contribution in [3.05, 3.63) is 24.3 Å². The highest BCUT2D eigenvalue weighted by atomic mass is 32.2. The van der Waals surface area contributed by atoms with Crippen LogP contribution in [0.25, 0.3) is 0 Å². The minimum atomic E-state index is 0.456. The fourth-order valence-electron chi connectivity index (χ4n) is 2.27. The Morgan fingerprint density at radius 1 is 1.31 bits per heavy atom. The van der Waals surface area contributed by atoms with Crippen molar-refractivity contribution in [2.75, 3.05) is 24.7 Å². The zero-order valence-corrected chi connectivity index (χ0v) is 10.8. The molecule has 0 saturated heterocycles. The summed E-state index contributed by atoms with van der Waals surface area (Å²) in [6.07, 6.45) is 4.48. The summed E-state index contributed by atoms with van der Waals surface area (Å²) in [5.74, 6) is 0.792. The Labute approximate surface area is 102 Å². The maximum Gasteiger partial charge on any atom is 0.0364 e. The van der Waals surface area contributed by atoms with Gasteiger partial charge in [-0.1, -0.05) is 0 Å². The summed E-state index contributed by atoms with van der Waals surface area (Å²) in [7, 11) is 2.16. The molecule has 0 aromatic heterocycles. The van der Waals surface area contributed by atoms with Crippen molar-refractivity contribution < 1.29 is 0 Å². The third kappa shape index (κ3) is 2.71. The van der Waals surface area contributed by atoms with Crippen LogP contribution in [0.4, 0.5) is 5.69 Å². The maximum atomic E-state index is 5.80. The van der Waals surface area contributed by atoms with Crippen LogP contribution in [0.3, 0.4) is 0 Å². The van der Waals surface area contributed by atoms with E-state index in [1.807, 2.05) is 0 Å². The molecule has 16 heavy (non-hydrogen) atoms. The van der Waals surface area contributed by atoms with E-state index in [9.17, 15) is 0 Å². The van der Waals surface area contributed by atoms with Crippen molar-refractivity contribution in [1.29, 1.82) is 0 Å². The van der Waals surface area contributed by atoms with Crippen molar-refractivity contribution in [2.45, 2.75) is 23.8 Å². The van der Waals surface area contributed by atoms with Gasteiger partial charge in [0.05, 0.1) is 0 Å². The average molecular weight is 236 g/mol. The minimum absolute atomic E-state index is 0.456. The Hall–Kier alpha value is -0.670. The monoisotopic (exact) mass is 236 g/mol. The third-order valence-corrected chi connectivity index (χ3v) is 4.06. The van der Waals surface area contributed by atoms with E-state index in [4.69, 9.17) is 5.73 Å². The highest BCUT2D eigenvalue weighted by molar-refractivity contribution is 7.98. The van der Waals surface area contributed by atoms with Crippen LogP contribution in [0.2, 0.25) is 0 Å². The van der Waals surface area contributed by atoms with E-state index in [0.29, 0.717) is 6.04 Å². The molecule has 1 aliphatic carbocycles. The molecule has 1 aromatic carbocycles. The molecule has 88 valence electrons. The minimum Gasteiger partial charge on any atom is -0.374 e. The first-order chi connectivity index (χ1) is 7.69. The van der Waals surface area contributed by atoms with E-state index >= 15 is 0 Å². The molecule has 0 amide bonds. The van der Waals surface area contributed by atoms with E-state index in [-0.39, 0.29) is 0 Å². The zero-order valence-electron chi connectivity index (χ0n) is 10.0. The normalized spacial score (nSPS) is 23.9. The average Bonchev–Trinajstić information content (AvgIpc) is 2.27. The molecule has 0 atom stereocenters. The zero-order chi connectivity index (χ0) is 11.5. The summed E-state index contributed by atoms with van der Waals surface area (Å²) >= 11 is 1.78. The van der Waals surface area contributed by atoms with Crippen LogP contribution >= 0.6 is 11.8 Å². The van der Waals surface area contributed by atoms with Crippen molar-refractivity contribution in [3.8, 4) is 0 Å². The lowest BCUT2D eigenvalue weighted by Gasteiger charge is -2.36. The molecule has 2 rings (SSSR count). The Kier molecular flexibility index (Phi) is 3.77. The molecule has 0 unspecified atom stereocenters. The maximum absolute atomic E-state index is 5.80. The molecule has 0 bridgehead atoms. The van der Waals surface area contributed by atoms with Gasteiger partial charge in [0.1, 0.15) is 0 Å². The van der Waals surface area contributed by atoms with Gasteiger partial charge in [-0.15, -0.1) is 11.8 Å². The van der Waals surface area contributed by atoms with Crippen LogP contribution < -0.4 is 10.6 Å². The van der Waals surface area contributed by atoms with Gasteiger partial charge in [-0.3, -0.25) is 0 Å². The molecule has 1 aromatic rings. The van der Waals surface area contributed by atoms with Gasteiger partial charge in [0.15, 0.2) is 0 Å². The van der Waals surface area contributed by atoms with Crippen molar-refractivity contribution in [1.82, 2.24) is 0 Å². The fourth-order valence-corrected chi connectivity index (χ4v) is 2.67. The lowest BCUT2D eigenvalue weighted by Crippen LogP contribution is -2.41. The number of rotatable bonds is 4. The summed E-state index contributed by atoms with van der Waals surface area (Å²) < 4.78 is 0. The van der Waals surface area contributed by atoms with Crippen molar-refractivity contribution in [3.63, 3.8) is 0 Å². The lowest BCUT2D eigenvalue weighted by atomic mass is 9.80. The van der Waals surface area contributed by atoms with E-state index in [1.54, 1.807) is 11.8 Å². The molecule has 1 saturated carbocycles. The molecule has 0 aliphatic heterocycles. The van der Waals surface area contributed by atoms with Gasteiger partial charge in [-0.25, -0.2) is 0 Å². The fraction of sp³-hybridized carbons (Fsp3) is 0.538. The number of anilines is 1. The lowest BCUT2D eigenvalue weighted by molar-refractivity contribution is 0.271. The van der Waals surface area contributed by atoms with Crippen LogP contribution in [-0.4, -0.2) is 25.9 Å². The highest BCUT2D eigenvalue weighted by Crippen LogP contribution is 2.28. The first kappa shape index (κ1) is 11.8. The Balaban J connectivity index is 1.90. The molecule has 1 aliphatic rings. The smallest absolute Gasteiger partial charge is 0.0364 e. The molecule has 2 nitrogen and oxygen atoms in total. The number of hydrogen-bond donors (Lipinski definition) is 1. The molecule has 0 spiro atoms. The van der Waals surface area contributed by atoms with Gasteiger partial charge < -0.3 is 10.6 Å². The van der Waals surface area contributed by atoms with Gasteiger partial charge in [0.25, 0.3) is 0 Å². The van der Waals surface area contributed by atoms with Crippen molar-refractivity contribution >= 4 is 17.4 Å². The van der Waals surface area contributed by atoms with Crippen LogP contribution in [0.5, 0.6) is 0 Å². The van der Waals surface area contributed by atoms with Crippen LogP contribution in [-0.2, 0) is 0 Å². The van der Waals surface area contributed by atoms with E-state index < -0.39 is 0 Å². The van der Waals surface area contributed by atoms with Crippen molar-refractivity contribution in [2.24, 2.45) is 11.7 Å². The largest absolute Gasteiger partial charge is 0.374 e. The predicted octanol–water partition coefficient (Wildman–Crippen LogP) is 2.58. The first-order valence-corrected chi connectivity index (χ1v) is 7.02. The van der Waals surface area contributed by atoms with Gasteiger partial charge in [-0.2, -0.15) is 0 Å². The summed E-state index contributed by atoms with van der Waals surface area (Å²) in [6, 6.07) is 9.22. The standard InChI is InChI=1S/C13H20N2S/c1-15(9-10-7-11(14)8-10)12-3-5-13(16-2)6-4-12/h3-6,10-11H,7-9,14H2,1-2H3. The van der Waals surface area contributed by atoms with Crippen LogP contribution in [0.1, 0.15) is 12.8 Å². The predicted molar refractivity (Wildman–Crippen MR) is 72.2 cm³/mol. The molecule has 0 radical (unpaired) electrons. The molecular formula is C13H20N2S. The Morgan fingerprint density at radius 3 is 2.44 bits per heavy atom. The second kappa shape index (κ2) is 5.11. The SMILES string of the molecule is CSc1ccc(N(C)CC2CC(N)C2)cc1. The Bertz CT molecular complexity index is 330. The number of thioether (sulfide) groups is 1.